The molecule has 2 unspecified atom stereocenters. The number of nitrogens with one attached hydrogen (secondary N) is 2. The highest BCUT2D eigenvalue weighted by Gasteiger charge is 2.25. The van der Waals surface area contributed by atoms with Crippen LogP contribution in [-0.2, 0) is 11.3 Å². The van der Waals surface area contributed by atoms with Gasteiger partial charge in [0.25, 0.3) is 0 Å². The minimum atomic E-state index is -0.775. The Morgan fingerprint density at radius 2 is 1.95 bits per heavy atom. The minimum absolute atomic E-state index is 0.0982. The van der Waals surface area contributed by atoms with Gasteiger partial charge in [0.2, 0.25) is 0 Å². The number of aliphatic carboxylic acids is 1. The highest BCUT2D eigenvalue weighted by atomic mass is 16.5. The summed E-state index contributed by atoms with van der Waals surface area (Å²) < 4.78 is 5.65. The number of piperazine rings is 1. The predicted molar refractivity (Wildman–Crippen MR) is 157 cm³/mol. The SMILES string of the molecule is CNCCN(C)c1ccc(C2=CC=NC(Nc3ccc(OC)c(CN4CCN(CC(=O)O)CC4)c3)C2C)cn1. The Morgan fingerprint density at radius 1 is 1.18 bits per heavy atom. The van der Waals surface area contributed by atoms with Crippen LogP contribution in [0.1, 0.15) is 18.1 Å². The number of anilines is 2. The molecule has 39 heavy (non-hydrogen) atoms. The third-order valence-corrected chi connectivity index (χ3v) is 7.45. The van der Waals surface area contributed by atoms with Crippen molar-refractivity contribution < 1.29 is 14.6 Å². The first-order chi connectivity index (χ1) is 18.9. The molecule has 10 nitrogen and oxygen atoms in total. The van der Waals surface area contributed by atoms with Crippen LogP contribution in [0.25, 0.3) is 5.57 Å². The molecule has 0 aliphatic carbocycles. The van der Waals surface area contributed by atoms with Crippen molar-refractivity contribution in [1.82, 2.24) is 20.1 Å². The number of hydrogen-bond donors (Lipinski definition) is 3. The van der Waals surface area contributed by atoms with Crippen molar-refractivity contribution in [3.8, 4) is 5.75 Å². The van der Waals surface area contributed by atoms with Gasteiger partial charge in [0.05, 0.1) is 13.7 Å². The lowest BCUT2D eigenvalue weighted by Gasteiger charge is -2.34. The van der Waals surface area contributed by atoms with Gasteiger partial charge in [0.1, 0.15) is 17.7 Å². The van der Waals surface area contributed by atoms with Crippen LogP contribution in [0.15, 0.2) is 47.6 Å². The lowest BCUT2D eigenvalue weighted by Crippen LogP contribution is -2.47. The lowest BCUT2D eigenvalue weighted by molar-refractivity contribution is -0.138. The van der Waals surface area contributed by atoms with Crippen LogP contribution in [0.3, 0.4) is 0 Å². The van der Waals surface area contributed by atoms with Crippen molar-refractivity contribution in [2.24, 2.45) is 10.9 Å². The van der Waals surface area contributed by atoms with Crippen LogP contribution in [0.5, 0.6) is 5.75 Å². The van der Waals surface area contributed by atoms with Gasteiger partial charge < -0.3 is 25.4 Å². The Hall–Kier alpha value is -3.47. The maximum absolute atomic E-state index is 11.0. The minimum Gasteiger partial charge on any atom is -0.496 e. The van der Waals surface area contributed by atoms with Gasteiger partial charge >= 0.3 is 5.97 Å². The van der Waals surface area contributed by atoms with Crippen molar-refractivity contribution >= 4 is 29.3 Å². The molecule has 1 fully saturated rings. The number of carboxylic acids is 1. The topological polar surface area (TPSA) is 106 Å². The number of likely N-dealkylation sites (N-methyl/N-ethyl adjacent to an activating group) is 2. The summed E-state index contributed by atoms with van der Waals surface area (Å²) in [5.41, 5.74) is 4.39. The number of pyridine rings is 1. The molecule has 1 aromatic carbocycles. The molecule has 0 saturated carbocycles. The monoisotopic (exact) mass is 535 g/mol. The lowest BCUT2D eigenvalue weighted by atomic mass is 9.90. The maximum Gasteiger partial charge on any atom is 0.317 e. The van der Waals surface area contributed by atoms with Crippen LogP contribution in [0.2, 0.25) is 0 Å². The Kier molecular flexibility index (Phi) is 9.91. The number of nitrogens with zero attached hydrogens (tertiary/aromatic N) is 5. The second kappa shape index (κ2) is 13.5. The summed E-state index contributed by atoms with van der Waals surface area (Å²) in [6.45, 7) is 7.97. The molecular weight excluding hydrogens is 494 g/mol. The number of carboxylic acid groups (broad SMARTS) is 1. The van der Waals surface area contributed by atoms with Gasteiger partial charge in [-0.25, -0.2) is 4.98 Å². The Bertz CT molecular complexity index is 1160. The van der Waals surface area contributed by atoms with Gasteiger partial charge in [-0.3, -0.25) is 19.6 Å². The second-order valence-electron chi connectivity index (χ2n) is 10.2. The molecule has 0 bridgehead atoms. The van der Waals surface area contributed by atoms with E-state index < -0.39 is 5.97 Å². The standard InChI is InChI=1S/C29H41N7O3/c1-21-25(22-5-8-27(32-18-22)34(3)12-11-30-2)9-10-31-29(21)33-24-6-7-26(39-4)23(17-24)19-35-13-15-36(16-14-35)20-28(37)38/h5-10,17-18,21,29-30,33H,11-16,19-20H2,1-4H3,(H,37,38). The van der Waals surface area contributed by atoms with E-state index in [-0.39, 0.29) is 18.6 Å². The second-order valence-corrected chi connectivity index (χ2v) is 10.2. The maximum atomic E-state index is 11.0. The van der Waals surface area contributed by atoms with Crippen molar-refractivity contribution in [2.75, 3.05) is 77.2 Å². The summed E-state index contributed by atoms with van der Waals surface area (Å²) in [4.78, 5) is 26.9. The average molecular weight is 536 g/mol. The van der Waals surface area contributed by atoms with Crippen molar-refractivity contribution in [1.29, 1.82) is 0 Å². The van der Waals surface area contributed by atoms with E-state index in [9.17, 15) is 4.79 Å². The van der Waals surface area contributed by atoms with Crippen LogP contribution in [0.4, 0.5) is 11.5 Å². The Balaban J connectivity index is 1.40. The molecule has 10 heteroatoms. The van der Waals surface area contributed by atoms with Gasteiger partial charge in [-0.1, -0.05) is 6.92 Å². The Morgan fingerprint density at radius 3 is 2.62 bits per heavy atom. The summed E-state index contributed by atoms with van der Waals surface area (Å²) in [6.07, 6.45) is 5.80. The smallest absolute Gasteiger partial charge is 0.317 e. The molecule has 1 aromatic heterocycles. The molecule has 4 rings (SSSR count). The van der Waals surface area contributed by atoms with E-state index in [1.165, 1.54) is 5.57 Å². The third-order valence-electron chi connectivity index (χ3n) is 7.45. The van der Waals surface area contributed by atoms with Crippen molar-refractivity contribution in [3.63, 3.8) is 0 Å². The molecule has 3 heterocycles. The first kappa shape index (κ1) is 28.5. The fourth-order valence-electron chi connectivity index (χ4n) is 5.07. The number of allylic oxidation sites excluding steroid dienone is 1. The average Bonchev–Trinajstić information content (AvgIpc) is 2.94. The first-order valence-corrected chi connectivity index (χ1v) is 13.5. The zero-order valence-corrected chi connectivity index (χ0v) is 23.4. The van der Waals surface area contributed by atoms with E-state index in [0.717, 1.165) is 74.2 Å². The molecule has 0 radical (unpaired) electrons. The van der Waals surface area contributed by atoms with E-state index in [0.29, 0.717) is 0 Å². The fourth-order valence-corrected chi connectivity index (χ4v) is 5.07. The zero-order valence-electron chi connectivity index (χ0n) is 23.4. The normalized spacial score (nSPS) is 19.9. The molecule has 0 spiro atoms. The number of rotatable bonds is 12. The van der Waals surface area contributed by atoms with E-state index in [2.05, 4.69) is 58.7 Å². The van der Waals surface area contributed by atoms with Gasteiger partial charge in [0, 0.05) is 82.4 Å². The number of hydrogen-bond acceptors (Lipinski definition) is 9. The summed E-state index contributed by atoms with van der Waals surface area (Å²) in [6, 6.07) is 10.4. The molecule has 3 N–H and O–H groups in total. The number of benzene rings is 1. The largest absolute Gasteiger partial charge is 0.496 e. The Labute approximate surface area is 231 Å². The molecular formula is C29H41N7O3. The van der Waals surface area contributed by atoms with Crippen LogP contribution < -0.4 is 20.3 Å². The zero-order chi connectivity index (χ0) is 27.8. The highest BCUT2D eigenvalue weighted by molar-refractivity contribution is 5.87. The molecule has 0 amide bonds. The van der Waals surface area contributed by atoms with Gasteiger partial charge in [0.15, 0.2) is 0 Å². The van der Waals surface area contributed by atoms with E-state index in [1.807, 2.05) is 36.5 Å². The quantitative estimate of drug-likeness (QED) is 0.378. The van der Waals surface area contributed by atoms with Gasteiger partial charge in [-0.15, -0.1) is 0 Å². The number of aliphatic imine (C=N–C) groups is 1. The summed E-state index contributed by atoms with van der Waals surface area (Å²) in [7, 11) is 5.70. The summed E-state index contributed by atoms with van der Waals surface area (Å²) in [5.74, 6) is 1.18. The van der Waals surface area contributed by atoms with Crippen molar-refractivity contribution in [3.05, 3.63) is 53.7 Å². The van der Waals surface area contributed by atoms with Crippen molar-refractivity contribution in [2.45, 2.75) is 19.6 Å². The number of ether oxygens (including phenoxy) is 1. The third kappa shape index (κ3) is 7.56. The van der Waals surface area contributed by atoms with Gasteiger partial charge in [-0.2, -0.15) is 0 Å². The first-order valence-electron chi connectivity index (χ1n) is 13.5. The summed E-state index contributed by atoms with van der Waals surface area (Å²) in [5, 5.41) is 15.8. The van der Waals surface area contributed by atoms with Crippen LogP contribution >= 0.6 is 0 Å². The summed E-state index contributed by atoms with van der Waals surface area (Å²) >= 11 is 0. The molecule has 1 saturated heterocycles. The van der Waals surface area contributed by atoms with E-state index >= 15 is 0 Å². The van der Waals surface area contributed by atoms with E-state index in [1.54, 1.807) is 7.11 Å². The molecule has 2 aromatic rings. The van der Waals surface area contributed by atoms with E-state index in [4.69, 9.17) is 19.8 Å². The molecule has 2 aliphatic heterocycles. The fraction of sp³-hybridized carbons (Fsp3) is 0.483. The molecule has 2 aliphatic rings. The molecule has 210 valence electrons. The number of carbonyl (C=O) groups is 1. The van der Waals surface area contributed by atoms with Crippen LogP contribution in [0, 0.1) is 5.92 Å². The molecule has 2 atom stereocenters. The predicted octanol–water partition coefficient (Wildman–Crippen LogP) is 2.49. The van der Waals surface area contributed by atoms with Gasteiger partial charge in [-0.05, 0) is 54.6 Å². The number of dihydropyridines is 1. The van der Waals surface area contributed by atoms with Crippen LogP contribution in [-0.4, -0.2) is 105 Å². The number of aromatic nitrogens is 1. The number of methoxy groups -OCH3 is 1. The highest BCUT2D eigenvalue weighted by Crippen LogP contribution is 2.32.